The zero-order valence-electron chi connectivity index (χ0n) is 43.4. The van der Waals surface area contributed by atoms with Crippen LogP contribution in [0.1, 0.15) is 0 Å². The van der Waals surface area contributed by atoms with Crippen molar-refractivity contribution in [2.75, 3.05) is 0 Å². The van der Waals surface area contributed by atoms with Crippen LogP contribution in [0, 0.1) is 116 Å². The molecular weight excluding hydrogens is 1300 g/mol. The largest absolute Gasteiger partial charge is 0.289 e. The van der Waals surface area contributed by atoms with Gasteiger partial charge in [-0.3, -0.25) is 9.59 Å². The minimum Gasteiger partial charge on any atom is -0.289 e. The highest BCUT2D eigenvalue weighted by atomic mass is 32.2. The van der Waals surface area contributed by atoms with Gasteiger partial charge in [-0.25, -0.2) is 87.8 Å². The van der Waals surface area contributed by atoms with Gasteiger partial charge in [0.2, 0.25) is 0 Å². The van der Waals surface area contributed by atoms with Crippen LogP contribution in [0.4, 0.5) is 87.8 Å². The molecule has 0 amide bonds. The maximum atomic E-state index is 15.4. The summed E-state index contributed by atoms with van der Waals surface area (Å²) in [6.45, 7) is 0. The fourth-order valence-corrected chi connectivity index (χ4v) is 15.4. The molecule has 12 rings (SSSR count). The van der Waals surface area contributed by atoms with Crippen molar-refractivity contribution < 1.29 is 87.8 Å². The number of fused-ring (bicyclic) bond motifs is 4. The zero-order valence-corrected chi connectivity index (χ0v) is 46.6. The predicted molar refractivity (Wildman–Crippen MR) is 300 cm³/mol. The van der Waals surface area contributed by atoms with Crippen LogP contribution >= 0.6 is 34.4 Å². The first-order valence-corrected chi connectivity index (χ1v) is 28.7. The Bertz CT molecular complexity index is 4690. The van der Waals surface area contributed by atoms with E-state index in [1.165, 1.54) is 9.79 Å². The van der Waals surface area contributed by atoms with E-state index < -0.39 is 144 Å². The fourth-order valence-electron chi connectivity index (χ4n) is 10.4. The van der Waals surface area contributed by atoms with Crippen LogP contribution in [0.25, 0.3) is 40.3 Å². The van der Waals surface area contributed by atoms with Crippen molar-refractivity contribution in [1.29, 1.82) is 0 Å². The van der Waals surface area contributed by atoms with Gasteiger partial charge in [0.15, 0.2) is 95.4 Å². The Morgan fingerprint density at radius 1 is 0.270 bits per heavy atom. The van der Waals surface area contributed by atoms with Gasteiger partial charge in [0.1, 0.15) is 52.7 Å². The first-order chi connectivity index (χ1) is 42.3. The number of hydrogen-bond donors (Lipinski definition) is 0. The molecule has 0 spiro atoms. The maximum absolute atomic E-state index is 15.4. The highest BCUT2D eigenvalue weighted by Gasteiger charge is 2.52. The highest BCUT2D eigenvalue weighted by molar-refractivity contribution is 7.99. The second kappa shape index (κ2) is 23.7. The van der Waals surface area contributed by atoms with E-state index in [0.29, 0.717) is 0 Å². The molecule has 0 saturated carbocycles. The van der Waals surface area contributed by atoms with Crippen molar-refractivity contribution in [2.24, 2.45) is 0 Å². The Hall–Kier alpha value is -8.66. The van der Waals surface area contributed by atoms with Crippen LogP contribution in [0.2, 0.25) is 0 Å². The summed E-state index contributed by atoms with van der Waals surface area (Å²) in [6, 6.07) is 47.4. The van der Waals surface area contributed by atoms with E-state index in [4.69, 9.17) is 0 Å². The molecule has 0 aliphatic heterocycles. The second-order valence-corrected chi connectivity index (χ2v) is 24.5. The lowest BCUT2D eigenvalue weighted by Gasteiger charge is -2.44. The van der Waals surface area contributed by atoms with E-state index in [0.717, 1.165) is 55.0 Å². The Labute approximate surface area is 499 Å². The molecule has 10 aromatic carbocycles. The Kier molecular flexibility index (Phi) is 16.5. The smallest absolute Gasteiger partial charge is 0.200 e. The van der Waals surface area contributed by atoms with E-state index in [1.54, 1.807) is 34.4 Å². The molecule has 2 aromatic heterocycles. The Balaban J connectivity index is 0.000000183. The molecule has 0 radical (unpaired) electrons. The summed E-state index contributed by atoms with van der Waals surface area (Å²) in [6.07, 6.45) is -7.22. The molecule has 450 valence electrons. The molecule has 1 unspecified atom stereocenters. The van der Waals surface area contributed by atoms with Crippen LogP contribution in [-0.2, 0) is 10.9 Å². The number of rotatable bonds is 9. The van der Waals surface area contributed by atoms with E-state index in [9.17, 15) is 62.3 Å². The summed E-state index contributed by atoms with van der Waals surface area (Å²) in [5, 5.41) is 3.09. The second-order valence-electron chi connectivity index (χ2n) is 19.2. The Morgan fingerprint density at radius 2 is 0.551 bits per heavy atom. The minimum absolute atomic E-state index is 0.0875. The van der Waals surface area contributed by atoms with Crippen molar-refractivity contribution in [3.63, 3.8) is 0 Å². The maximum Gasteiger partial charge on any atom is 0.200 e. The van der Waals surface area contributed by atoms with Gasteiger partial charge < -0.3 is 0 Å². The van der Waals surface area contributed by atoms with E-state index in [2.05, 4.69) is 78.9 Å². The summed E-state index contributed by atoms with van der Waals surface area (Å²) >= 11 is 4.98. The molecule has 0 saturated heterocycles. The third-order valence-corrected chi connectivity index (χ3v) is 19.8. The van der Waals surface area contributed by atoms with Crippen LogP contribution in [0.5, 0.6) is 0 Å². The molecular formula is C62H23BF20O2S4. The van der Waals surface area contributed by atoms with Crippen molar-refractivity contribution in [3.8, 4) is 0 Å². The van der Waals surface area contributed by atoms with Crippen LogP contribution in [-0.4, -0.2) is 6.15 Å². The minimum atomic E-state index is -7.22. The van der Waals surface area contributed by atoms with E-state index in [-0.39, 0.29) is 21.8 Å². The van der Waals surface area contributed by atoms with Gasteiger partial charge >= 0.3 is 0 Å². The molecule has 89 heavy (non-hydrogen) atoms. The molecule has 0 aliphatic carbocycles. The van der Waals surface area contributed by atoms with Crippen molar-refractivity contribution in [3.05, 3.63) is 276 Å². The van der Waals surface area contributed by atoms with Gasteiger partial charge in [0.05, 0.1) is 10.9 Å². The summed E-state index contributed by atoms with van der Waals surface area (Å²) in [7, 11) is -0.386. The van der Waals surface area contributed by atoms with Gasteiger partial charge in [-0.05, 0) is 91.0 Å². The number of halogens is 20. The van der Waals surface area contributed by atoms with Crippen LogP contribution < -0.4 is 32.7 Å². The zero-order chi connectivity index (χ0) is 64.0. The molecule has 27 heteroatoms. The summed E-state index contributed by atoms with van der Waals surface area (Å²) in [4.78, 5) is 32.4. The first kappa shape index (κ1) is 62.0. The molecule has 2 heterocycles. The predicted octanol–water partition coefficient (Wildman–Crippen LogP) is 16.2. The molecule has 12 aromatic rings. The van der Waals surface area contributed by atoms with E-state index in [1.807, 2.05) is 60.7 Å². The molecule has 0 N–H and O–H groups in total. The molecule has 0 bridgehead atoms. The van der Waals surface area contributed by atoms with E-state index >= 15 is 35.1 Å². The quantitative estimate of drug-likeness (QED) is 0.0361. The molecule has 0 fully saturated rings. The fraction of sp³-hybridized carbons (Fsp3) is 0. The van der Waals surface area contributed by atoms with Crippen molar-refractivity contribution in [2.45, 2.75) is 24.5 Å². The topological polar surface area (TPSA) is 34.1 Å². The normalized spacial score (nSPS) is 12.1. The Morgan fingerprint density at radius 3 is 0.933 bits per heavy atom. The standard InChI is InChI=1S/C38H23O2S4.C24BF20/c39-37-29-10-4-6-12-33(29)42-35-20-16-25(22-31(35)37)41-24-14-17-27(18-15-24)44(26-8-2-1-3-9-26)28-19-21-36-32(23-28)38(40)30-11-5-7-13-34(30)43-36;26-5-1(6(27)14(35)21(42)13(5)34)25(2-7(28)15(36)22(43)16(37)8(2)29,3-9(30)17(38)23(44)18(39)10(3)31)4-11(32)19(40)24(45)20(41)12(4)33/h1-23H;/q+1;-1. The number of benzene rings is 10. The summed E-state index contributed by atoms with van der Waals surface area (Å²) in [5.74, 6) is -71.4. The van der Waals surface area contributed by atoms with Gasteiger partial charge in [-0.2, -0.15) is 0 Å². The van der Waals surface area contributed by atoms with Crippen LogP contribution in [0.15, 0.2) is 174 Å². The molecule has 1 atom stereocenters. The first-order valence-electron chi connectivity index (χ1n) is 25.0. The lowest BCUT2D eigenvalue weighted by molar-refractivity contribution is 0.378. The van der Waals surface area contributed by atoms with Gasteiger partial charge in [0.25, 0.3) is 0 Å². The average molecular weight is 1320 g/mol. The summed E-state index contributed by atoms with van der Waals surface area (Å²) < 4.78 is 298. The lowest BCUT2D eigenvalue weighted by atomic mass is 9.12. The molecule has 0 aliphatic rings. The van der Waals surface area contributed by atoms with Crippen LogP contribution in [0.3, 0.4) is 0 Å². The summed E-state index contributed by atoms with van der Waals surface area (Å²) in [5.41, 5.74) is -14.2. The average Bonchev–Trinajstić information content (AvgIpc) is 0.704. The van der Waals surface area contributed by atoms with Crippen molar-refractivity contribution >= 4 is 114 Å². The molecule has 2 nitrogen and oxygen atoms in total. The monoisotopic (exact) mass is 1320 g/mol. The van der Waals surface area contributed by atoms with Crippen molar-refractivity contribution in [1.82, 2.24) is 0 Å². The third-order valence-electron chi connectivity index (χ3n) is 14.3. The van der Waals surface area contributed by atoms with Gasteiger partial charge in [0, 0.05) is 56.2 Å². The SMILES string of the molecule is Fc1c(F)c(F)c([B-](c2c(F)c(F)c(F)c(F)c2F)(c2c(F)c(F)c(F)c(F)c2F)c2c(F)c(F)c(F)c(F)c2F)c(F)c1F.O=c1c2ccccc2sc2ccc(Sc3ccc([S+](c4ccccc4)c4ccc5sc6ccccc6c(=O)c5c4)cc3)cc12. The lowest BCUT2D eigenvalue weighted by Crippen LogP contribution is -2.81. The third kappa shape index (κ3) is 10.0. The van der Waals surface area contributed by atoms with Gasteiger partial charge in [-0.15, -0.1) is 44.5 Å². The highest BCUT2D eigenvalue weighted by Crippen LogP contribution is 2.38. The number of hydrogen-bond acceptors (Lipinski definition) is 5. The van der Waals surface area contributed by atoms with Gasteiger partial charge in [-0.1, -0.05) is 54.2 Å².